The summed E-state index contributed by atoms with van der Waals surface area (Å²) in [7, 11) is 3.28. The van der Waals surface area contributed by atoms with Gasteiger partial charge in [0.1, 0.15) is 5.54 Å². The lowest BCUT2D eigenvalue weighted by Crippen LogP contribution is -2.48. The summed E-state index contributed by atoms with van der Waals surface area (Å²) in [6.07, 6.45) is 8.37. The highest BCUT2D eigenvalue weighted by Crippen LogP contribution is 2.27. The summed E-state index contributed by atoms with van der Waals surface area (Å²) in [5.74, 6) is -0.162. The van der Waals surface area contributed by atoms with Gasteiger partial charge < -0.3 is 15.0 Å². The average Bonchev–Trinajstić information content (AvgIpc) is 3.29. The van der Waals surface area contributed by atoms with E-state index in [9.17, 15) is 4.79 Å². The fourth-order valence-corrected chi connectivity index (χ4v) is 2.63. The van der Waals surface area contributed by atoms with Gasteiger partial charge in [0, 0.05) is 6.04 Å². The molecular formula is C16H32N2O2. The van der Waals surface area contributed by atoms with Crippen molar-refractivity contribution >= 4 is 5.97 Å². The monoisotopic (exact) mass is 284 g/mol. The molecule has 0 spiro atoms. The average molecular weight is 284 g/mol. The molecule has 1 saturated carbocycles. The summed E-state index contributed by atoms with van der Waals surface area (Å²) < 4.78 is 4.87. The number of carbonyl (C=O) groups is 1. The highest BCUT2D eigenvalue weighted by Gasteiger charge is 2.32. The van der Waals surface area contributed by atoms with Crippen LogP contribution in [0.15, 0.2) is 0 Å². The summed E-state index contributed by atoms with van der Waals surface area (Å²) in [6.45, 7) is 6.58. The van der Waals surface area contributed by atoms with Crippen LogP contribution in [0.1, 0.15) is 58.8 Å². The molecule has 4 nitrogen and oxygen atoms in total. The fourth-order valence-electron chi connectivity index (χ4n) is 2.63. The minimum atomic E-state index is -0.539. The van der Waals surface area contributed by atoms with Crippen molar-refractivity contribution in [3.05, 3.63) is 0 Å². The molecule has 4 heteroatoms. The molecule has 0 heterocycles. The first-order chi connectivity index (χ1) is 9.57. The van der Waals surface area contributed by atoms with E-state index in [-0.39, 0.29) is 5.97 Å². The Hall–Kier alpha value is -0.610. The van der Waals surface area contributed by atoms with Gasteiger partial charge in [-0.2, -0.15) is 0 Å². The molecular weight excluding hydrogens is 252 g/mol. The van der Waals surface area contributed by atoms with Crippen LogP contribution < -0.4 is 5.32 Å². The van der Waals surface area contributed by atoms with E-state index in [0.29, 0.717) is 0 Å². The number of likely N-dealkylation sites (N-methyl/N-ethyl adjacent to an activating group) is 1. The normalized spacial score (nSPS) is 18.1. The molecule has 0 radical (unpaired) electrons. The lowest BCUT2D eigenvalue weighted by atomic mass is 9.95. The van der Waals surface area contributed by atoms with Crippen LogP contribution in [0.4, 0.5) is 0 Å². The molecule has 0 amide bonds. The Kier molecular flexibility index (Phi) is 7.52. The molecule has 118 valence electrons. The van der Waals surface area contributed by atoms with Crippen LogP contribution in [0.5, 0.6) is 0 Å². The van der Waals surface area contributed by atoms with Gasteiger partial charge in [0.05, 0.1) is 7.11 Å². The van der Waals surface area contributed by atoms with Crippen molar-refractivity contribution in [2.45, 2.75) is 70.4 Å². The van der Waals surface area contributed by atoms with Gasteiger partial charge in [-0.25, -0.2) is 0 Å². The number of ether oxygens (including phenoxy) is 1. The van der Waals surface area contributed by atoms with Crippen molar-refractivity contribution in [2.75, 3.05) is 27.2 Å². The predicted molar refractivity (Wildman–Crippen MR) is 82.8 cm³/mol. The van der Waals surface area contributed by atoms with Gasteiger partial charge in [0.2, 0.25) is 0 Å². The Morgan fingerprint density at radius 1 is 1.30 bits per heavy atom. The molecule has 0 aromatic rings. The van der Waals surface area contributed by atoms with E-state index >= 15 is 0 Å². The van der Waals surface area contributed by atoms with E-state index in [4.69, 9.17) is 4.74 Å². The largest absolute Gasteiger partial charge is 0.468 e. The molecule has 1 N–H and O–H groups in total. The third-order valence-corrected chi connectivity index (χ3v) is 4.42. The number of hydrogen-bond donors (Lipinski definition) is 1. The zero-order valence-corrected chi connectivity index (χ0v) is 13.7. The molecule has 1 atom stereocenters. The molecule has 0 aliphatic heterocycles. The molecule has 0 bridgehead atoms. The van der Waals surface area contributed by atoms with E-state index in [1.54, 1.807) is 0 Å². The van der Waals surface area contributed by atoms with Gasteiger partial charge in [0.15, 0.2) is 0 Å². The molecule has 20 heavy (non-hydrogen) atoms. The maximum Gasteiger partial charge on any atom is 0.325 e. The smallest absolute Gasteiger partial charge is 0.325 e. The summed E-state index contributed by atoms with van der Waals surface area (Å²) in [4.78, 5) is 14.4. The van der Waals surface area contributed by atoms with Gasteiger partial charge in [0.25, 0.3) is 0 Å². The third kappa shape index (κ3) is 5.41. The van der Waals surface area contributed by atoms with Crippen LogP contribution in [0.3, 0.4) is 0 Å². The predicted octanol–water partition coefficient (Wildman–Crippen LogP) is 2.57. The first kappa shape index (κ1) is 17.4. The Morgan fingerprint density at radius 2 is 1.95 bits per heavy atom. The van der Waals surface area contributed by atoms with Crippen LogP contribution in [0, 0.1) is 0 Å². The van der Waals surface area contributed by atoms with Crippen molar-refractivity contribution in [3.8, 4) is 0 Å². The van der Waals surface area contributed by atoms with Crippen molar-refractivity contribution in [2.24, 2.45) is 0 Å². The van der Waals surface area contributed by atoms with E-state index in [0.717, 1.165) is 25.3 Å². The third-order valence-electron chi connectivity index (χ3n) is 4.42. The summed E-state index contributed by atoms with van der Waals surface area (Å²) in [6, 6.07) is 0.845. The number of esters is 1. The van der Waals surface area contributed by atoms with E-state index in [2.05, 4.69) is 17.1 Å². The lowest BCUT2D eigenvalue weighted by Gasteiger charge is -2.27. The van der Waals surface area contributed by atoms with Gasteiger partial charge in [-0.15, -0.1) is 0 Å². The van der Waals surface area contributed by atoms with Crippen LogP contribution >= 0.6 is 0 Å². The van der Waals surface area contributed by atoms with Crippen LogP contribution in [-0.2, 0) is 9.53 Å². The van der Waals surface area contributed by atoms with Crippen molar-refractivity contribution in [1.82, 2.24) is 10.2 Å². The topological polar surface area (TPSA) is 41.6 Å². The number of methoxy groups -OCH3 is 1. The van der Waals surface area contributed by atoms with Gasteiger partial charge >= 0.3 is 5.97 Å². The van der Waals surface area contributed by atoms with Crippen LogP contribution in [0.25, 0.3) is 0 Å². The quantitative estimate of drug-likeness (QED) is 0.468. The highest BCUT2D eigenvalue weighted by atomic mass is 16.5. The molecule has 0 aromatic carbocycles. The zero-order valence-electron chi connectivity index (χ0n) is 13.7. The minimum Gasteiger partial charge on any atom is -0.468 e. The Morgan fingerprint density at radius 3 is 2.45 bits per heavy atom. The number of nitrogens with one attached hydrogen (secondary N) is 1. The van der Waals surface area contributed by atoms with Crippen molar-refractivity contribution in [1.29, 1.82) is 0 Å². The Labute approximate surface area is 124 Å². The maximum atomic E-state index is 11.8. The van der Waals surface area contributed by atoms with Crippen LogP contribution in [0.2, 0.25) is 0 Å². The highest BCUT2D eigenvalue weighted by molar-refractivity contribution is 5.80. The summed E-state index contributed by atoms with van der Waals surface area (Å²) in [5, 5.41) is 3.10. The molecule has 1 rings (SSSR count). The number of nitrogens with zero attached hydrogens (tertiary/aromatic N) is 1. The van der Waals surface area contributed by atoms with E-state index in [1.807, 2.05) is 14.0 Å². The van der Waals surface area contributed by atoms with Gasteiger partial charge in [-0.1, -0.05) is 13.3 Å². The molecule has 0 aromatic heterocycles. The minimum absolute atomic E-state index is 0.162. The zero-order chi connectivity index (χ0) is 15.0. The molecule has 1 aliphatic rings. The number of unbranched alkanes of at least 4 members (excludes halogenated alkanes) is 2. The number of hydrogen-bond acceptors (Lipinski definition) is 4. The summed E-state index contributed by atoms with van der Waals surface area (Å²) in [5.41, 5.74) is -0.539. The van der Waals surface area contributed by atoms with Crippen LogP contribution in [-0.4, -0.2) is 49.7 Å². The Balaban J connectivity index is 2.26. The molecule has 0 saturated heterocycles. The second-order valence-electron chi connectivity index (χ2n) is 6.15. The maximum absolute atomic E-state index is 11.8. The van der Waals surface area contributed by atoms with E-state index in [1.165, 1.54) is 45.9 Å². The number of rotatable bonds is 11. The van der Waals surface area contributed by atoms with Crippen molar-refractivity contribution in [3.63, 3.8) is 0 Å². The fraction of sp³-hybridized carbons (Fsp3) is 0.938. The van der Waals surface area contributed by atoms with E-state index < -0.39 is 5.54 Å². The SMILES string of the molecule is CCCCN(CCCCC(C)(NC)C(=O)OC)C1CC1. The molecule has 1 aliphatic carbocycles. The first-order valence-corrected chi connectivity index (χ1v) is 8.08. The van der Waals surface area contributed by atoms with Gasteiger partial charge in [-0.3, -0.25) is 4.79 Å². The van der Waals surface area contributed by atoms with Crippen molar-refractivity contribution < 1.29 is 9.53 Å². The second-order valence-corrected chi connectivity index (χ2v) is 6.15. The first-order valence-electron chi connectivity index (χ1n) is 8.08. The molecule has 1 fully saturated rings. The standard InChI is InChI=1S/C16H32N2O2/c1-5-6-12-18(14-9-10-14)13-8-7-11-16(2,17-3)15(19)20-4/h14,17H,5-13H2,1-4H3. The second kappa shape index (κ2) is 8.63. The Bertz CT molecular complexity index is 292. The number of carbonyl (C=O) groups excluding carboxylic acids is 1. The summed E-state index contributed by atoms with van der Waals surface area (Å²) >= 11 is 0. The molecule has 1 unspecified atom stereocenters. The lowest BCUT2D eigenvalue weighted by molar-refractivity contribution is -0.148. The van der Waals surface area contributed by atoms with Gasteiger partial charge in [-0.05, 0) is 65.6 Å².